The topological polar surface area (TPSA) is 109 Å². The molecule has 0 bridgehead atoms. The number of nitrogens with two attached hydrogens (primary N) is 1. The summed E-state index contributed by atoms with van der Waals surface area (Å²) in [5.41, 5.74) is 5.66. The van der Waals surface area contributed by atoms with Crippen LogP contribution in [0.2, 0.25) is 36.3 Å². The zero-order valence-corrected chi connectivity index (χ0v) is 23.5. The van der Waals surface area contributed by atoms with Crippen LogP contribution in [-0.2, 0) is 20.2 Å². The largest absolute Gasteiger partial charge is 0.414 e. The Bertz CT molecular complexity index is 859. The Hall–Kier alpha value is -1.05. The van der Waals surface area contributed by atoms with Crippen molar-refractivity contribution in [3.63, 3.8) is 0 Å². The first-order chi connectivity index (χ1) is 14.4. The fourth-order valence-corrected chi connectivity index (χ4v) is 5.43. The summed E-state index contributed by atoms with van der Waals surface area (Å²) in [5.74, 6) is 0.0404. The highest BCUT2D eigenvalue weighted by Crippen LogP contribution is 2.42. The van der Waals surface area contributed by atoms with E-state index in [1.54, 1.807) is 0 Å². The van der Waals surface area contributed by atoms with Crippen molar-refractivity contribution in [2.75, 3.05) is 12.3 Å². The van der Waals surface area contributed by atoms with E-state index in [1.165, 1.54) is 10.8 Å². The summed E-state index contributed by atoms with van der Waals surface area (Å²) in [6.07, 6.45) is 0.992. The number of aromatic nitrogens is 2. The molecule has 3 N–H and O–H groups in total. The van der Waals surface area contributed by atoms with Crippen LogP contribution >= 0.6 is 0 Å². The van der Waals surface area contributed by atoms with Crippen LogP contribution in [0, 0.1) is 0 Å². The first-order valence-electron chi connectivity index (χ1n) is 11.4. The van der Waals surface area contributed by atoms with E-state index in [9.17, 15) is 9.90 Å². The number of aliphatic hydroxyl groups is 1. The molecule has 1 aliphatic heterocycles. The van der Waals surface area contributed by atoms with Gasteiger partial charge in [-0.3, -0.25) is 4.57 Å². The highest BCUT2D eigenvalue weighted by molar-refractivity contribution is 6.74. The number of anilines is 1. The second-order valence-corrected chi connectivity index (χ2v) is 21.4. The van der Waals surface area contributed by atoms with Gasteiger partial charge in [0.15, 0.2) is 16.6 Å². The van der Waals surface area contributed by atoms with Gasteiger partial charge in [0.05, 0.1) is 19.3 Å². The lowest BCUT2D eigenvalue weighted by molar-refractivity contribution is -0.0413. The van der Waals surface area contributed by atoms with Gasteiger partial charge in [-0.15, -0.1) is 0 Å². The predicted octanol–water partition coefficient (Wildman–Crippen LogP) is 4.02. The molecule has 1 fully saturated rings. The molecule has 0 saturated carbocycles. The van der Waals surface area contributed by atoms with Crippen LogP contribution in [0.4, 0.5) is 5.82 Å². The lowest BCUT2D eigenvalue weighted by atomic mass is 10.2. The van der Waals surface area contributed by atoms with Crippen molar-refractivity contribution in [2.45, 2.75) is 109 Å². The Kier molecular flexibility index (Phi) is 7.91. The Morgan fingerprint density at radius 1 is 1.16 bits per heavy atom. The van der Waals surface area contributed by atoms with Gasteiger partial charge in [-0.1, -0.05) is 41.5 Å². The Morgan fingerprint density at radius 2 is 1.72 bits per heavy atom. The van der Waals surface area contributed by atoms with Crippen LogP contribution in [0.25, 0.3) is 0 Å². The van der Waals surface area contributed by atoms with Crippen molar-refractivity contribution < 1.29 is 18.7 Å². The summed E-state index contributed by atoms with van der Waals surface area (Å²) >= 11 is 0. The summed E-state index contributed by atoms with van der Waals surface area (Å²) in [6.45, 7) is 22.2. The van der Waals surface area contributed by atoms with E-state index in [0.717, 1.165) is 0 Å². The molecule has 1 saturated heterocycles. The molecule has 1 aromatic heterocycles. The molecule has 2 rings (SSSR count). The summed E-state index contributed by atoms with van der Waals surface area (Å²) < 4.78 is 21.0. The highest BCUT2D eigenvalue weighted by atomic mass is 28.4. The summed E-state index contributed by atoms with van der Waals surface area (Å²) in [4.78, 5) is 16.4. The van der Waals surface area contributed by atoms with E-state index in [1.807, 2.05) is 0 Å². The molecular weight excluding hydrogens is 442 g/mol. The molecule has 184 valence electrons. The summed E-state index contributed by atoms with van der Waals surface area (Å²) in [5, 5.41) is 9.68. The van der Waals surface area contributed by atoms with E-state index >= 15 is 0 Å². The van der Waals surface area contributed by atoms with E-state index in [-0.39, 0.29) is 34.7 Å². The molecule has 1 aliphatic rings. The van der Waals surface area contributed by atoms with Gasteiger partial charge >= 0.3 is 5.69 Å². The standard InChI is InChI=1S/C22H43N3O5Si2/c1-21(2,3)31(7,8)28-14-17-16(30-32(9,10)22(4,5)6)11-18(29-17)25-12-15(13-26)19(23)24-20(25)27/h12,16-18,26H,11,13-14H2,1-10H3,(H2,23,24,27)/t16-,17+,18+/m0/s1. The summed E-state index contributed by atoms with van der Waals surface area (Å²) in [7, 11) is -4.07. The van der Waals surface area contributed by atoms with Gasteiger partial charge in [0.1, 0.15) is 18.1 Å². The van der Waals surface area contributed by atoms with Crippen molar-refractivity contribution in [3.8, 4) is 0 Å². The number of nitrogens with zero attached hydrogens (tertiary/aromatic N) is 2. The fourth-order valence-electron chi connectivity index (χ4n) is 3.06. The average molecular weight is 486 g/mol. The Balaban J connectivity index is 2.34. The minimum absolute atomic E-state index is 0.0404. The molecular formula is C22H43N3O5Si2. The highest BCUT2D eigenvalue weighted by Gasteiger charge is 2.46. The SMILES string of the molecule is CC(C)(C)[Si](C)(C)OC[C@H]1O[C@@H](n2cc(CO)c(N)nc2=O)C[C@@H]1O[Si](C)(C)C(C)(C)C. The lowest BCUT2D eigenvalue weighted by Gasteiger charge is -2.40. The van der Waals surface area contributed by atoms with Crippen LogP contribution in [0.5, 0.6) is 0 Å². The van der Waals surface area contributed by atoms with E-state index in [0.29, 0.717) is 18.6 Å². The zero-order chi connectivity index (χ0) is 24.7. The quantitative estimate of drug-likeness (QED) is 0.561. The van der Waals surface area contributed by atoms with Crippen LogP contribution in [0.1, 0.15) is 59.8 Å². The number of aliphatic hydroxyl groups excluding tert-OH is 1. The molecule has 1 aromatic rings. The molecule has 0 amide bonds. The number of hydrogen-bond donors (Lipinski definition) is 2. The Labute approximate surface area is 194 Å². The van der Waals surface area contributed by atoms with Gasteiger partial charge in [-0.25, -0.2) is 4.79 Å². The van der Waals surface area contributed by atoms with Gasteiger partial charge in [0.25, 0.3) is 0 Å². The normalized spacial score (nSPS) is 23.0. The number of nitrogen functional groups attached to an aromatic ring is 1. The second-order valence-electron chi connectivity index (χ2n) is 11.9. The van der Waals surface area contributed by atoms with Crippen molar-refractivity contribution in [3.05, 3.63) is 22.2 Å². The summed E-state index contributed by atoms with van der Waals surface area (Å²) in [6, 6.07) is 0. The zero-order valence-electron chi connectivity index (χ0n) is 21.5. The minimum Gasteiger partial charge on any atom is -0.414 e. The monoisotopic (exact) mass is 485 g/mol. The lowest BCUT2D eigenvalue weighted by Crippen LogP contribution is -2.48. The third kappa shape index (κ3) is 5.89. The number of hydrogen-bond acceptors (Lipinski definition) is 7. The maximum absolute atomic E-state index is 12.6. The molecule has 0 aromatic carbocycles. The van der Waals surface area contributed by atoms with Crippen LogP contribution in [0.3, 0.4) is 0 Å². The molecule has 0 radical (unpaired) electrons. The van der Waals surface area contributed by atoms with Crippen molar-refractivity contribution >= 4 is 22.5 Å². The molecule has 32 heavy (non-hydrogen) atoms. The third-order valence-corrected chi connectivity index (χ3v) is 16.4. The fraction of sp³-hybridized carbons (Fsp3) is 0.818. The van der Waals surface area contributed by atoms with Crippen LogP contribution < -0.4 is 11.4 Å². The Morgan fingerprint density at radius 3 is 2.22 bits per heavy atom. The maximum Gasteiger partial charge on any atom is 0.351 e. The number of rotatable bonds is 7. The van der Waals surface area contributed by atoms with Gasteiger partial charge in [0.2, 0.25) is 0 Å². The first-order valence-corrected chi connectivity index (χ1v) is 17.2. The van der Waals surface area contributed by atoms with E-state index in [2.05, 4.69) is 72.7 Å². The average Bonchev–Trinajstić information content (AvgIpc) is 3.00. The van der Waals surface area contributed by atoms with Crippen molar-refractivity contribution in [1.82, 2.24) is 9.55 Å². The van der Waals surface area contributed by atoms with E-state index < -0.39 is 28.6 Å². The van der Waals surface area contributed by atoms with E-state index in [4.69, 9.17) is 19.3 Å². The van der Waals surface area contributed by atoms with Crippen LogP contribution in [-0.4, -0.2) is 50.1 Å². The maximum atomic E-state index is 12.6. The molecule has 8 nitrogen and oxygen atoms in total. The molecule has 0 spiro atoms. The van der Waals surface area contributed by atoms with Gasteiger partial charge in [-0.2, -0.15) is 4.98 Å². The second kappa shape index (κ2) is 9.30. The van der Waals surface area contributed by atoms with Crippen molar-refractivity contribution in [1.29, 1.82) is 0 Å². The third-order valence-electron chi connectivity index (χ3n) is 7.39. The predicted molar refractivity (Wildman–Crippen MR) is 133 cm³/mol. The van der Waals surface area contributed by atoms with Crippen molar-refractivity contribution in [2.24, 2.45) is 0 Å². The first kappa shape index (κ1) is 27.2. The molecule has 0 aliphatic carbocycles. The van der Waals surface area contributed by atoms with Crippen LogP contribution in [0.15, 0.2) is 11.0 Å². The minimum atomic E-state index is -2.08. The smallest absolute Gasteiger partial charge is 0.351 e. The number of ether oxygens (including phenoxy) is 1. The van der Waals surface area contributed by atoms with Gasteiger partial charge in [0, 0.05) is 18.2 Å². The van der Waals surface area contributed by atoms with Gasteiger partial charge in [-0.05, 0) is 36.3 Å². The molecule has 3 atom stereocenters. The molecule has 2 heterocycles. The molecule has 0 unspecified atom stereocenters. The van der Waals surface area contributed by atoms with Gasteiger partial charge < -0.3 is 24.4 Å². The molecule has 10 heteroatoms.